The Morgan fingerprint density at radius 1 is 1.29 bits per heavy atom. The first kappa shape index (κ1) is 12.2. The molecular weight excluding hydrogens is 293 g/mol. The minimum atomic E-state index is -0.444. The van der Waals surface area contributed by atoms with Crippen LogP contribution in [0.5, 0.6) is 0 Å². The normalized spacial score (nSPS) is 16.5. The van der Waals surface area contributed by atoms with Crippen LogP contribution in [0.1, 0.15) is 5.56 Å². The summed E-state index contributed by atoms with van der Waals surface area (Å²) in [5.74, 6) is -1.33. The zero-order valence-electron chi connectivity index (χ0n) is 8.78. The van der Waals surface area contributed by atoms with E-state index in [1.807, 2.05) is 0 Å². The number of hydrogen-bond donors (Lipinski definition) is 0. The highest BCUT2D eigenvalue weighted by Gasteiger charge is 2.27. The van der Waals surface area contributed by atoms with Crippen LogP contribution in [0.3, 0.4) is 0 Å². The Labute approximate surface area is 105 Å². The minimum absolute atomic E-state index is 0.0632. The van der Waals surface area contributed by atoms with E-state index in [9.17, 15) is 14.0 Å². The Hall–Kier alpha value is -1.27. The maximum absolute atomic E-state index is 13.5. The molecule has 0 aliphatic carbocycles. The number of morpholine rings is 1. The molecule has 1 fully saturated rings. The molecule has 0 atom stereocenters. The first-order chi connectivity index (χ1) is 8.08. The Morgan fingerprint density at radius 2 is 1.94 bits per heavy atom. The third kappa shape index (κ3) is 2.70. The van der Waals surface area contributed by atoms with Crippen molar-refractivity contribution in [1.82, 2.24) is 4.90 Å². The monoisotopic (exact) mass is 301 g/mol. The van der Waals surface area contributed by atoms with Gasteiger partial charge in [-0.1, -0.05) is 15.9 Å². The van der Waals surface area contributed by atoms with Crippen molar-refractivity contribution in [3.8, 4) is 0 Å². The standard InChI is InChI=1S/C11H9BrFNO3/c12-8-1-2-9(13)7(3-8)4-14-10(15)5-17-6-11(14)16/h1-3H,4-6H2. The van der Waals surface area contributed by atoms with Gasteiger partial charge in [0.1, 0.15) is 19.0 Å². The Balaban J connectivity index is 2.21. The lowest BCUT2D eigenvalue weighted by Gasteiger charge is -2.25. The lowest BCUT2D eigenvalue weighted by molar-refractivity contribution is -0.159. The first-order valence-corrected chi connectivity index (χ1v) is 5.72. The molecule has 6 heteroatoms. The number of nitrogens with zero attached hydrogens (tertiary/aromatic N) is 1. The summed E-state index contributed by atoms with van der Waals surface area (Å²) >= 11 is 3.21. The predicted molar refractivity (Wildman–Crippen MR) is 60.5 cm³/mol. The van der Waals surface area contributed by atoms with Gasteiger partial charge in [0, 0.05) is 10.0 Å². The topological polar surface area (TPSA) is 46.6 Å². The summed E-state index contributed by atoms with van der Waals surface area (Å²) in [5.41, 5.74) is 0.294. The van der Waals surface area contributed by atoms with Gasteiger partial charge >= 0.3 is 0 Å². The fraction of sp³-hybridized carbons (Fsp3) is 0.273. The van der Waals surface area contributed by atoms with E-state index < -0.39 is 17.6 Å². The number of imide groups is 1. The number of halogens is 2. The third-order valence-electron chi connectivity index (χ3n) is 2.39. The van der Waals surface area contributed by atoms with Gasteiger partial charge in [0.05, 0.1) is 6.54 Å². The molecule has 1 heterocycles. The van der Waals surface area contributed by atoms with E-state index in [1.165, 1.54) is 6.07 Å². The molecule has 0 aromatic heterocycles. The number of carbonyl (C=O) groups is 2. The van der Waals surface area contributed by atoms with Crippen LogP contribution in [0.4, 0.5) is 4.39 Å². The zero-order chi connectivity index (χ0) is 12.4. The highest BCUT2D eigenvalue weighted by molar-refractivity contribution is 9.10. The lowest BCUT2D eigenvalue weighted by Crippen LogP contribution is -2.45. The van der Waals surface area contributed by atoms with Crippen molar-refractivity contribution in [2.45, 2.75) is 6.54 Å². The highest BCUT2D eigenvalue weighted by Crippen LogP contribution is 2.18. The van der Waals surface area contributed by atoms with E-state index in [2.05, 4.69) is 15.9 Å². The number of ether oxygens (including phenoxy) is 1. The molecule has 1 saturated heterocycles. The number of amides is 2. The van der Waals surface area contributed by atoms with Gasteiger partial charge in [-0.25, -0.2) is 4.39 Å². The van der Waals surface area contributed by atoms with E-state index in [-0.39, 0.29) is 19.8 Å². The molecule has 1 aromatic rings. The highest BCUT2D eigenvalue weighted by atomic mass is 79.9. The largest absolute Gasteiger partial charge is 0.362 e. The minimum Gasteiger partial charge on any atom is -0.362 e. The summed E-state index contributed by atoms with van der Waals surface area (Å²) in [6.07, 6.45) is 0. The zero-order valence-corrected chi connectivity index (χ0v) is 10.4. The summed E-state index contributed by atoms with van der Waals surface area (Å²) in [4.78, 5) is 23.9. The molecule has 0 radical (unpaired) electrons. The molecular formula is C11H9BrFNO3. The number of hydrogen-bond acceptors (Lipinski definition) is 3. The van der Waals surface area contributed by atoms with Gasteiger partial charge in [0.15, 0.2) is 0 Å². The predicted octanol–water partition coefficient (Wildman–Crippen LogP) is 1.47. The average molecular weight is 302 g/mol. The van der Waals surface area contributed by atoms with Crippen LogP contribution in [0.15, 0.2) is 22.7 Å². The lowest BCUT2D eigenvalue weighted by atomic mass is 10.2. The van der Waals surface area contributed by atoms with Gasteiger partial charge in [-0.2, -0.15) is 0 Å². The van der Waals surface area contributed by atoms with Crippen LogP contribution in [0.25, 0.3) is 0 Å². The van der Waals surface area contributed by atoms with Crippen LogP contribution in [0.2, 0.25) is 0 Å². The summed E-state index contributed by atoms with van der Waals surface area (Å²) in [7, 11) is 0. The molecule has 1 aliphatic heterocycles. The van der Waals surface area contributed by atoms with E-state index in [1.54, 1.807) is 12.1 Å². The van der Waals surface area contributed by atoms with Crippen LogP contribution >= 0.6 is 15.9 Å². The molecule has 0 saturated carbocycles. The second-order valence-corrected chi connectivity index (χ2v) is 4.52. The SMILES string of the molecule is O=C1COCC(=O)N1Cc1cc(Br)ccc1F. The molecule has 2 amide bonds. The molecule has 90 valence electrons. The van der Waals surface area contributed by atoms with E-state index in [0.717, 1.165) is 4.90 Å². The fourth-order valence-corrected chi connectivity index (χ4v) is 1.94. The van der Waals surface area contributed by atoms with Crippen molar-refractivity contribution in [3.63, 3.8) is 0 Å². The van der Waals surface area contributed by atoms with Crippen molar-refractivity contribution in [2.24, 2.45) is 0 Å². The van der Waals surface area contributed by atoms with Crippen molar-refractivity contribution in [2.75, 3.05) is 13.2 Å². The molecule has 1 aliphatic rings. The van der Waals surface area contributed by atoms with Crippen molar-refractivity contribution < 1.29 is 18.7 Å². The van der Waals surface area contributed by atoms with Crippen LogP contribution in [-0.4, -0.2) is 29.9 Å². The van der Waals surface area contributed by atoms with E-state index in [0.29, 0.717) is 10.0 Å². The van der Waals surface area contributed by atoms with Gasteiger partial charge in [0.2, 0.25) is 0 Å². The fourth-order valence-electron chi connectivity index (χ4n) is 1.53. The van der Waals surface area contributed by atoms with E-state index in [4.69, 9.17) is 4.74 Å². The Bertz CT molecular complexity index is 462. The van der Waals surface area contributed by atoms with Crippen molar-refractivity contribution in [1.29, 1.82) is 0 Å². The summed E-state index contributed by atoms with van der Waals surface area (Å²) in [6, 6.07) is 4.39. The quantitative estimate of drug-likeness (QED) is 0.777. The molecule has 1 aromatic carbocycles. The van der Waals surface area contributed by atoms with Gasteiger partial charge in [-0.05, 0) is 18.2 Å². The van der Waals surface area contributed by atoms with Gasteiger partial charge in [0.25, 0.3) is 11.8 Å². The molecule has 0 spiro atoms. The number of carbonyl (C=O) groups excluding carboxylic acids is 2. The summed E-state index contributed by atoms with van der Waals surface area (Å²) in [6.45, 7) is -0.338. The second-order valence-electron chi connectivity index (χ2n) is 3.60. The van der Waals surface area contributed by atoms with Gasteiger partial charge in [-0.15, -0.1) is 0 Å². The molecule has 0 N–H and O–H groups in total. The van der Waals surface area contributed by atoms with Crippen molar-refractivity contribution in [3.05, 3.63) is 34.1 Å². The van der Waals surface area contributed by atoms with Crippen molar-refractivity contribution >= 4 is 27.7 Å². The number of rotatable bonds is 2. The molecule has 0 unspecified atom stereocenters. The third-order valence-corrected chi connectivity index (χ3v) is 2.88. The Kier molecular flexibility index (Phi) is 3.54. The smallest absolute Gasteiger partial charge is 0.255 e. The maximum atomic E-state index is 13.5. The van der Waals surface area contributed by atoms with Gasteiger partial charge in [-0.3, -0.25) is 14.5 Å². The second kappa shape index (κ2) is 4.93. The van der Waals surface area contributed by atoms with Crippen LogP contribution in [0, 0.1) is 5.82 Å². The molecule has 2 rings (SSSR count). The Morgan fingerprint density at radius 3 is 2.59 bits per heavy atom. The molecule has 4 nitrogen and oxygen atoms in total. The van der Waals surface area contributed by atoms with E-state index >= 15 is 0 Å². The summed E-state index contributed by atoms with van der Waals surface area (Å²) in [5, 5.41) is 0. The summed E-state index contributed by atoms with van der Waals surface area (Å²) < 4.78 is 18.9. The van der Waals surface area contributed by atoms with Crippen LogP contribution in [-0.2, 0) is 20.9 Å². The first-order valence-electron chi connectivity index (χ1n) is 4.93. The molecule has 0 bridgehead atoms. The maximum Gasteiger partial charge on any atom is 0.255 e. The van der Waals surface area contributed by atoms with Crippen LogP contribution < -0.4 is 0 Å². The van der Waals surface area contributed by atoms with Gasteiger partial charge < -0.3 is 4.74 Å². The average Bonchev–Trinajstić information content (AvgIpc) is 2.28. The molecule has 17 heavy (non-hydrogen) atoms. The number of benzene rings is 1.